The van der Waals surface area contributed by atoms with Crippen molar-refractivity contribution in [2.24, 2.45) is 0 Å². The SMILES string of the molecule is O=C(O)CCCc1ccc(C(CCCC(F)(F)C(F)(F)F)NS(=O)(=O)c2ccc(F)cc2)cc1. The smallest absolute Gasteiger partial charge is 0.453 e. The van der Waals surface area contributed by atoms with E-state index in [1.54, 1.807) is 12.1 Å². The maximum atomic E-state index is 13.3. The quantitative estimate of drug-likeness (QED) is 0.363. The number of benzene rings is 2. The Morgan fingerprint density at radius 1 is 0.941 bits per heavy atom. The van der Waals surface area contributed by atoms with Crippen molar-refractivity contribution in [3.05, 3.63) is 65.5 Å². The Labute approximate surface area is 192 Å². The molecule has 0 spiro atoms. The second-order valence-corrected chi connectivity index (χ2v) is 9.43. The molecule has 0 bridgehead atoms. The Bertz CT molecular complexity index is 1050. The Hall–Kier alpha value is -2.60. The molecular formula is C22H23F6NO4S. The van der Waals surface area contributed by atoms with Crippen molar-refractivity contribution in [1.82, 2.24) is 4.72 Å². The van der Waals surface area contributed by atoms with Crippen molar-refractivity contribution in [2.45, 2.75) is 61.6 Å². The highest BCUT2D eigenvalue weighted by molar-refractivity contribution is 7.89. The second-order valence-electron chi connectivity index (χ2n) is 7.71. The molecule has 34 heavy (non-hydrogen) atoms. The maximum absolute atomic E-state index is 13.3. The minimum Gasteiger partial charge on any atom is -0.481 e. The van der Waals surface area contributed by atoms with Crippen LogP contribution < -0.4 is 4.72 Å². The van der Waals surface area contributed by atoms with E-state index in [0.717, 1.165) is 29.8 Å². The Balaban J connectivity index is 2.21. The number of nitrogens with one attached hydrogen (secondary N) is 1. The van der Waals surface area contributed by atoms with Gasteiger partial charge in [-0.15, -0.1) is 0 Å². The summed E-state index contributed by atoms with van der Waals surface area (Å²) in [6.45, 7) is 0. The third-order valence-electron chi connectivity index (χ3n) is 5.06. The largest absolute Gasteiger partial charge is 0.481 e. The van der Waals surface area contributed by atoms with E-state index in [0.29, 0.717) is 18.4 Å². The fourth-order valence-electron chi connectivity index (χ4n) is 3.19. The van der Waals surface area contributed by atoms with E-state index < -0.39 is 52.8 Å². The van der Waals surface area contributed by atoms with Gasteiger partial charge in [-0.05, 0) is 61.1 Å². The monoisotopic (exact) mass is 511 g/mol. The number of carboxylic acid groups (broad SMARTS) is 1. The van der Waals surface area contributed by atoms with Gasteiger partial charge in [0.15, 0.2) is 0 Å². The number of carboxylic acids is 1. The average Bonchev–Trinajstić information content (AvgIpc) is 2.72. The van der Waals surface area contributed by atoms with Crippen LogP contribution >= 0.6 is 0 Å². The normalized spacial score (nSPS) is 13.6. The molecule has 0 fully saturated rings. The summed E-state index contributed by atoms with van der Waals surface area (Å²) in [4.78, 5) is 10.3. The molecule has 0 amide bonds. The topological polar surface area (TPSA) is 83.5 Å². The molecule has 0 saturated heterocycles. The first-order valence-corrected chi connectivity index (χ1v) is 11.7. The number of hydrogen-bond donors (Lipinski definition) is 2. The van der Waals surface area contributed by atoms with E-state index in [1.807, 2.05) is 0 Å². The summed E-state index contributed by atoms with van der Waals surface area (Å²) in [5, 5.41) is 8.71. The molecule has 188 valence electrons. The van der Waals surface area contributed by atoms with Crippen LogP contribution in [0.1, 0.15) is 49.3 Å². The van der Waals surface area contributed by atoms with Crippen molar-refractivity contribution >= 4 is 16.0 Å². The van der Waals surface area contributed by atoms with Crippen molar-refractivity contribution in [3.63, 3.8) is 0 Å². The summed E-state index contributed by atoms with van der Waals surface area (Å²) in [6, 6.07) is 8.88. The lowest BCUT2D eigenvalue weighted by atomic mass is 9.98. The number of alkyl halides is 5. The van der Waals surface area contributed by atoms with Gasteiger partial charge in [0.05, 0.1) is 4.90 Å². The molecule has 12 heteroatoms. The number of aliphatic carboxylic acids is 1. The standard InChI is InChI=1S/C22H23F6NO4S/c23-17-10-12-18(13-11-17)34(32,33)29-19(4-2-14-21(24,25)22(26,27)28)16-8-6-15(7-9-16)3-1-5-20(30)31/h6-13,19,29H,1-5,14H2,(H,30,31). The van der Waals surface area contributed by atoms with Gasteiger partial charge in [0.2, 0.25) is 10.0 Å². The van der Waals surface area contributed by atoms with Crippen LogP contribution in [0.5, 0.6) is 0 Å². The maximum Gasteiger partial charge on any atom is 0.453 e. The number of hydrogen-bond acceptors (Lipinski definition) is 3. The summed E-state index contributed by atoms with van der Waals surface area (Å²) < 4.78 is 105. The molecule has 1 unspecified atom stereocenters. The Morgan fingerprint density at radius 2 is 1.53 bits per heavy atom. The van der Waals surface area contributed by atoms with Gasteiger partial charge in [-0.3, -0.25) is 4.79 Å². The Morgan fingerprint density at radius 3 is 2.06 bits per heavy atom. The van der Waals surface area contributed by atoms with Gasteiger partial charge >= 0.3 is 18.1 Å². The molecule has 0 radical (unpaired) electrons. The molecule has 2 N–H and O–H groups in total. The van der Waals surface area contributed by atoms with Crippen LogP contribution in [0.3, 0.4) is 0 Å². The van der Waals surface area contributed by atoms with Gasteiger partial charge in [-0.25, -0.2) is 17.5 Å². The van der Waals surface area contributed by atoms with Gasteiger partial charge in [0, 0.05) is 18.9 Å². The summed E-state index contributed by atoms with van der Waals surface area (Å²) in [5.41, 5.74) is 1.07. The van der Waals surface area contributed by atoms with Gasteiger partial charge in [-0.1, -0.05) is 24.3 Å². The fourth-order valence-corrected chi connectivity index (χ4v) is 4.45. The fraction of sp³-hybridized carbons (Fsp3) is 0.409. The van der Waals surface area contributed by atoms with E-state index in [4.69, 9.17) is 5.11 Å². The third kappa shape index (κ3) is 8.01. The molecule has 2 rings (SSSR count). The molecule has 0 saturated carbocycles. The third-order valence-corrected chi connectivity index (χ3v) is 6.55. The lowest BCUT2D eigenvalue weighted by Crippen LogP contribution is -2.36. The van der Waals surface area contributed by atoms with Crippen LogP contribution in [0.15, 0.2) is 53.4 Å². The summed E-state index contributed by atoms with van der Waals surface area (Å²) in [7, 11) is -4.24. The number of rotatable bonds is 12. The molecule has 0 heterocycles. The molecule has 1 atom stereocenters. The van der Waals surface area contributed by atoms with Crippen LogP contribution in [0, 0.1) is 5.82 Å². The van der Waals surface area contributed by atoms with Crippen molar-refractivity contribution in [3.8, 4) is 0 Å². The van der Waals surface area contributed by atoms with Gasteiger partial charge in [-0.2, -0.15) is 22.0 Å². The molecule has 0 aromatic heterocycles. The minimum absolute atomic E-state index is 0.0464. The molecule has 0 aliphatic carbocycles. The van der Waals surface area contributed by atoms with Crippen LogP contribution in [0.4, 0.5) is 26.3 Å². The van der Waals surface area contributed by atoms with E-state index in [2.05, 4.69) is 4.72 Å². The predicted octanol–water partition coefficient (Wildman–Crippen LogP) is 5.62. The molecule has 0 aliphatic heterocycles. The molecule has 2 aromatic carbocycles. The van der Waals surface area contributed by atoms with Crippen LogP contribution in [-0.4, -0.2) is 31.6 Å². The van der Waals surface area contributed by atoms with Crippen LogP contribution in [-0.2, 0) is 21.2 Å². The molecular weight excluding hydrogens is 488 g/mol. The lowest BCUT2D eigenvalue weighted by molar-refractivity contribution is -0.284. The first-order chi connectivity index (χ1) is 15.7. The Kier molecular flexibility index (Phi) is 9.12. The number of sulfonamides is 1. The zero-order valence-corrected chi connectivity index (χ0v) is 18.6. The lowest BCUT2D eigenvalue weighted by Gasteiger charge is -2.23. The van der Waals surface area contributed by atoms with E-state index in [9.17, 15) is 39.6 Å². The minimum atomic E-state index is -5.71. The van der Waals surface area contributed by atoms with Gasteiger partial charge in [0.1, 0.15) is 5.82 Å². The summed E-state index contributed by atoms with van der Waals surface area (Å²) >= 11 is 0. The highest BCUT2D eigenvalue weighted by Gasteiger charge is 2.56. The zero-order valence-electron chi connectivity index (χ0n) is 17.8. The molecule has 0 aliphatic rings. The summed E-state index contributed by atoms with van der Waals surface area (Å²) in [5.74, 6) is -6.55. The second kappa shape index (κ2) is 11.2. The highest BCUT2D eigenvalue weighted by atomic mass is 32.2. The predicted molar refractivity (Wildman–Crippen MR) is 111 cm³/mol. The molecule has 2 aromatic rings. The number of carbonyl (C=O) groups is 1. The highest BCUT2D eigenvalue weighted by Crippen LogP contribution is 2.39. The van der Waals surface area contributed by atoms with Gasteiger partial charge in [0.25, 0.3) is 0 Å². The van der Waals surface area contributed by atoms with Gasteiger partial charge < -0.3 is 5.11 Å². The number of aryl methyl sites for hydroxylation is 1. The first-order valence-electron chi connectivity index (χ1n) is 10.2. The van der Waals surface area contributed by atoms with Crippen LogP contribution in [0.25, 0.3) is 0 Å². The van der Waals surface area contributed by atoms with E-state index in [-0.39, 0.29) is 17.7 Å². The van der Waals surface area contributed by atoms with Crippen molar-refractivity contribution in [1.29, 1.82) is 0 Å². The zero-order chi connectivity index (χ0) is 25.6. The van der Waals surface area contributed by atoms with Crippen molar-refractivity contribution < 1.29 is 44.7 Å². The molecule has 5 nitrogen and oxygen atoms in total. The van der Waals surface area contributed by atoms with Crippen molar-refractivity contribution in [2.75, 3.05) is 0 Å². The first kappa shape index (κ1) is 27.6. The number of halogens is 6. The van der Waals surface area contributed by atoms with E-state index in [1.165, 1.54) is 12.1 Å². The summed E-state index contributed by atoms with van der Waals surface area (Å²) in [6.07, 6.45) is -7.48. The van der Waals surface area contributed by atoms with Crippen LogP contribution in [0.2, 0.25) is 0 Å². The van der Waals surface area contributed by atoms with E-state index >= 15 is 0 Å². The average molecular weight is 511 g/mol.